The molecule has 0 radical (unpaired) electrons. The molecule has 11 aromatic carbocycles. The van der Waals surface area contributed by atoms with Gasteiger partial charge in [-0.2, -0.15) is 0 Å². The van der Waals surface area contributed by atoms with Crippen LogP contribution in [0.15, 0.2) is 207 Å². The van der Waals surface area contributed by atoms with Crippen LogP contribution in [0.25, 0.3) is 131 Å². The van der Waals surface area contributed by atoms with Crippen molar-refractivity contribution in [2.45, 2.75) is 0 Å². The van der Waals surface area contributed by atoms with E-state index >= 15 is 0 Å². The summed E-state index contributed by atoms with van der Waals surface area (Å²) >= 11 is 0. The maximum atomic E-state index is 4.77. The molecule has 0 atom stereocenters. The first kappa shape index (κ1) is 33.1. The normalized spacial score (nSPS) is 12.0. The number of benzene rings is 10. The first-order chi connectivity index (χ1) is 29.8. The van der Waals surface area contributed by atoms with E-state index in [-0.39, 0.29) is 0 Å². The van der Waals surface area contributed by atoms with E-state index in [1.54, 1.807) is 0 Å². The molecule has 0 amide bonds. The molecule has 13 rings (SSSR count). The van der Waals surface area contributed by atoms with Crippen LogP contribution in [0.1, 0.15) is 0 Å². The Morgan fingerprint density at radius 1 is 0.250 bits per heavy atom. The first-order valence-electron chi connectivity index (χ1n) is 20.6. The number of hydrogen-bond donors (Lipinski definition) is 0. The zero-order valence-corrected chi connectivity index (χ0v) is 32.5. The summed E-state index contributed by atoms with van der Waals surface area (Å²) in [6.07, 6.45) is 3.70. The summed E-state index contributed by atoms with van der Waals surface area (Å²) in [6, 6.07) is 71.8. The van der Waals surface area contributed by atoms with Crippen molar-refractivity contribution in [1.82, 2.24) is 9.97 Å². The van der Waals surface area contributed by atoms with Gasteiger partial charge in [0.15, 0.2) is 0 Å². The Labute approximate surface area is 345 Å². The largest absolute Gasteiger partial charge is 0.254 e. The van der Waals surface area contributed by atoms with Gasteiger partial charge < -0.3 is 0 Å². The van der Waals surface area contributed by atoms with Crippen molar-refractivity contribution in [3.8, 4) is 33.4 Å². The lowest BCUT2D eigenvalue weighted by molar-refractivity contribution is 1.37. The minimum Gasteiger partial charge on any atom is -0.254 e. The van der Waals surface area contributed by atoms with E-state index in [9.17, 15) is 0 Å². The van der Waals surface area contributed by atoms with Crippen LogP contribution in [-0.4, -0.2) is 9.97 Å². The van der Waals surface area contributed by atoms with Crippen molar-refractivity contribution < 1.29 is 0 Å². The Balaban J connectivity index is 1.08. The quantitative estimate of drug-likeness (QED) is 0.132. The van der Waals surface area contributed by atoms with Crippen LogP contribution in [0.3, 0.4) is 0 Å². The van der Waals surface area contributed by atoms with Crippen LogP contribution < -0.4 is 0 Å². The Hall–Kier alpha value is -7.94. The maximum absolute atomic E-state index is 4.77. The van der Waals surface area contributed by atoms with Gasteiger partial charge in [0.25, 0.3) is 0 Å². The summed E-state index contributed by atoms with van der Waals surface area (Å²) in [5.74, 6) is 0. The molecule has 0 saturated heterocycles. The van der Waals surface area contributed by atoms with Crippen LogP contribution in [0.5, 0.6) is 0 Å². The van der Waals surface area contributed by atoms with Gasteiger partial charge in [-0.25, -0.2) is 0 Å². The summed E-state index contributed by atoms with van der Waals surface area (Å²) < 4.78 is 0. The molecule has 0 fully saturated rings. The van der Waals surface area contributed by atoms with E-state index in [0.29, 0.717) is 0 Å². The molecule has 2 heteroatoms. The monoisotopic (exact) mass is 758 g/mol. The Morgan fingerprint density at radius 2 is 0.717 bits per heavy atom. The predicted octanol–water partition coefficient (Wildman–Crippen LogP) is 15.9. The number of pyridine rings is 2. The third kappa shape index (κ3) is 4.76. The average Bonchev–Trinajstić information content (AvgIpc) is 3.32. The van der Waals surface area contributed by atoms with Gasteiger partial charge in [-0.3, -0.25) is 9.97 Å². The highest BCUT2D eigenvalue weighted by Crippen LogP contribution is 2.47. The molecule has 0 aliphatic carbocycles. The number of hydrogen-bond acceptors (Lipinski definition) is 2. The van der Waals surface area contributed by atoms with Crippen molar-refractivity contribution in [1.29, 1.82) is 0 Å². The van der Waals surface area contributed by atoms with Crippen LogP contribution >= 0.6 is 0 Å². The highest BCUT2D eigenvalue weighted by atomic mass is 14.7. The fraction of sp³-hybridized carbons (Fsp3) is 0. The molecular formula is C58H34N2. The van der Waals surface area contributed by atoms with Gasteiger partial charge in [-0.05, 0) is 139 Å². The molecule has 60 heavy (non-hydrogen) atoms. The molecule has 0 spiro atoms. The second-order valence-electron chi connectivity index (χ2n) is 16.0. The summed E-state index contributed by atoms with van der Waals surface area (Å²) in [6.45, 7) is 0. The van der Waals surface area contributed by atoms with Crippen LogP contribution in [0.4, 0.5) is 0 Å². The molecule has 13 aromatic rings. The molecule has 276 valence electrons. The van der Waals surface area contributed by atoms with Gasteiger partial charge >= 0.3 is 0 Å². The number of fused-ring (bicyclic) bond motifs is 10. The van der Waals surface area contributed by atoms with E-state index in [0.717, 1.165) is 32.9 Å². The first-order valence-corrected chi connectivity index (χ1v) is 20.6. The molecule has 0 unspecified atom stereocenters. The van der Waals surface area contributed by atoms with Gasteiger partial charge in [-0.15, -0.1) is 0 Å². The van der Waals surface area contributed by atoms with Crippen LogP contribution in [0.2, 0.25) is 0 Å². The number of aromatic nitrogens is 2. The van der Waals surface area contributed by atoms with E-state index in [1.165, 1.54) is 97.7 Å². The standard InChI is InChI=1S/C58H34N2/c1-3-16-43-41(14-1)42-15-2-4-17-44(42)52-34-40(32-38-29-28-36-12-9-22-45(43)55(36)56(38)52)54-48-20-7-5-18-46(48)53(47-19-6-8-21-49(47)54)37-26-24-35(25-27-37)51-33-39-13-10-30-59-57(39)58-50(51)23-11-31-60-58/h1-34H. The van der Waals surface area contributed by atoms with E-state index in [1.807, 2.05) is 24.5 Å². The molecule has 0 saturated carbocycles. The second-order valence-corrected chi connectivity index (χ2v) is 16.0. The average molecular weight is 759 g/mol. The van der Waals surface area contributed by atoms with E-state index < -0.39 is 0 Å². The minimum atomic E-state index is 0.929. The zero-order chi connectivity index (χ0) is 39.3. The van der Waals surface area contributed by atoms with E-state index in [2.05, 4.69) is 187 Å². The fourth-order valence-corrected chi connectivity index (χ4v) is 10.3. The smallest absolute Gasteiger partial charge is 0.0970 e. The summed E-state index contributed by atoms with van der Waals surface area (Å²) in [7, 11) is 0. The molecule has 0 aliphatic heterocycles. The highest BCUT2D eigenvalue weighted by Gasteiger charge is 2.20. The lowest BCUT2D eigenvalue weighted by atomic mass is 9.83. The van der Waals surface area contributed by atoms with Crippen molar-refractivity contribution >= 4 is 97.2 Å². The van der Waals surface area contributed by atoms with Crippen LogP contribution in [-0.2, 0) is 0 Å². The summed E-state index contributed by atoms with van der Waals surface area (Å²) in [5, 5.41) is 19.9. The zero-order valence-electron chi connectivity index (χ0n) is 32.5. The van der Waals surface area contributed by atoms with Crippen molar-refractivity contribution in [3.63, 3.8) is 0 Å². The van der Waals surface area contributed by atoms with Gasteiger partial charge in [0.2, 0.25) is 0 Å². The third-order valence-electron chi connectivity index (χ3n) is 12.8. The van der Waals surface area contributed by atoms with Gasteiger partial charge in [-0.1, -0.05) is 164 Å². The Morgan fingerprint density at radius 3 is 1.38 bits per heavy atom. The third-order valence-corrected chi connectivity index (χ3v) is 12.8. The molecule has 0 bridgehead atoms. The molecule has 2 heterocycles. The molecule has 2 nitrogen and oxygen atoms in total. The van der Waals surface area contributed by atoms with Crippen molar-refractivity contribution in [3.05, 3.63) is 207 Å². The van der Waals surface area contributed by atoms with E-state index in [4.69, 9.17) is 4.98 Å². The minimum absolute atomic E-state index is 0.929. The number of rotatable bonds is 3. The van der Waals surface area contributed by atoms with Crippen molar-refractivity contribution in [2.24, 2.45) is 0 Å². The lowest BCUT2D eigenvalue weighted by Crippen LogP contribution is -1.92. The Bertz CT molecular complexity index is 3880. The molecular weight excluding hydrogens is 725 g/mol. The number of nitrogens with zero attached hydrogens (tertiary/aromatic N) is 2. The second kappa shape index (κ2) is 12.8. The van der Waals surface area contributed by atoms with Gasteiger partial charge in [0, 0.05) is 23.2 Å². The van der Waals surface area contributed by atoms with Crippen molar-refractivity contribution in [2.75, 3.05) is 0 Å². The SMILES string of the molecule is c1cnc2c(c1)cc(-c1ccc(-c3c4ccccc4c(-c4cc5ccc6cccc7c8ccccc8c8ccccc8c(c4)c5c67)c4ccccc34)cc1)c1cccnc12. The molecule has 0 aliphatic rings. The van der Waals surface area contributed by atoms with Crippen LogP contribution in [0, 0.1) is 0 Å². The highest BCUT2D eigenvalue weighted by molar-refractivity contribution is 6.34. The molecule has 0 N–H and O–H groups in total. The predicted molar refractivity (Wildman–Crippen MR) is 256 cm³/mol. The fourth-order valence-electron chi connectivity index (χ4n) is 10.3. The topological polar surface area (TPSA) is 25.8 Å². The maximum Gasteiger partial charge on any atom is 0.0970 e. The lowest BCUT2D eigenvalue weighted by Gasteiger charge is -2.19. The summed E-state index contributed by atoms with van der Waals surface area (Å²) in [5.41, 5.74) is 9.10. The van der Waals surface area contributed by atoms with Gasteiger partial charge in [0.05, 0.1) is 11.0 Å². The van der Waals surface area contributed by atoms with Gasteiger partial charge in [0.1, 0.15) is 0 Å². The molecule has 2 aromatic heterocycles. The summed E-state index contributed by atoms with van der Waals surface area (Å²) in [4.78, 5) is 9.46. The Kier molecular flexibility index (Phi) is 7.05.